The van der Waals surface area contributed by atoms with Crippen molar-refractivity contribution in [1.82, 2.24) is 4.98 Å². The first-order valence-corrected chi connectivity index (χ1v) is 5.67. The minimum Gasteiger partial charge on any atom is -0.423 e. The summed E-state index contributed by atoms with van der Waals surface area (Å²) >= 11 is 0. The first-order valence-electron chi connectivity index (χ1n) is 5.67. The van der Waals surface area contributed by atoms with E-state index in [2.05, 4.69) is 4.98 Å². The minimum absolute atomic E-state index is 0.343. The van der Waals surface area contributed by atoms with Crippen LogP contribution in [0.2, 0.25) is 0 Å². The largest absolute Gasteiger partial charge is 0.423 e. The molecule has 3 aromatic rings. The number of ether oxygens (including phenoxy) is 1. The summed E-state index contributed by atoms with van der Waals surface area (Å²) < 4.78 is 5.28. The Balaban J connectivity index is 1.87. The quantitative estimate of drug-likeness (QED) is 0.548. The number of fused-ring (bicyclic) bond motifs is 1. The van der Waals surface area contributed by atoms with Gasteiger partial charge < -0.3 is 9.72 Å². The summed E-state index contributed by atoms with van der Waals surface area (Å²) in [5.74, 6) is 0.209. The molecule has 0 atom stereocenters. The molecule has 0 saturated carbocycles. The minimum atomic E-state index is -0.343. The van der Waals surface area contributed by atoms with Crippen molar-refractivity contribution in [2.75, 3.05) is 0 Å². The molecule has 0 radical (unpaired) electrons. The molecule has 3 heteroatoms. The number of H-pyrrole nitrogens is 1. The predicted octanol–water partition coefficient (Wildman–Crippen LogP) is 3.39. The van der Waals surface area contributed by atoms with Crippen LogP contribution in [0.5, 0.6) is 5.75 Å². The molecule has 0 aliphatic rings. The van der Waals surface area contributed by atoms with Gasteiger partial charge in [-0.05, 0) is 36.4 Å². The van der Waals surface area contributed by atoms with Crippen LogP contribution in [0.3, 0.4) is 0 Å². The van der Waals surface area contributed by atoms with Crippen molar-refractivity contribution < 1.29 is 9.53 Å². The number of para-hydroxylation sites is 1. The smallest absolute Gasteiger partial charge is 0.343 e. The van der Waals surface area contributed by atoms with Crippen LogP contribution in [-0.2, 0) is 0 Å². The number of carbonyl (C=O) groups is 1. The van der Waals surface area contributed by atoms with Gasteiger partial charge in [0.15, 0.2) is 0 Å². The summed E-state index contributed by atoms with van der Waals surface area (Å²) in [6.07, 6.45) is 1.84. The van der Waals surface area contributed by atoms with Gasteiger partial charge in [-0.2, -0.15) is 0 Å². The fraction of sp³-hybridized carbons (Fsp3) is 0. The third-order valence-electron chi connectivity index (χ3n) is 2.74. The van der Waals surface area contributed by atoms with Gasteiger partial charge >= 0.3 is 5.97 Å². The topological polar surface area (TPSA) is 42.1 Å². The number of carbonyl (C=O) groups excluding carboxylic acids is 1. The maximum Gasteiger partial charge on any atom is 0.343 e. The Morgan fingerprint density at radius 3 is 2.67 bits per heavy atom. The number of aromatic amines is 1. The summed E-state index contributed by atoms with van der Waals surface area (Å²) in [6, 6.07) is 16.4. The zero-order valence-corrected chi connectivity index (χ0v) is 9.59. The van der Waals surface area contributed by atoms with Crippen molar-refractivity contribution >= 4 is 16.9 Å². The number of nitrogens with one attached hydrogen (secondary N) is 1. The molecule has 0 aliphatic heterocycles. The van der Waals surface area contributed by atoms with Crippen molar-refractivity contribution in [2.24, 2.45) is 0 Å². The van der Waals surface area contributed by atoms with Gasteiger partial charge in [0.2, 0.25) is 0 Å². The molecule has 1 heterocycles. The zero-order chi connectivity index (χ0) is 12.4. The molecule has 2 aromatic carbocycles. The summed E-state index contributed by atoms with van der Waals surface area (Å²) in [6.45, 7) is 0. The standard InChI is InChI=1S/C15H11NO2/c17-15(18-13-4-2-1-3-5-13)12-6-7-14-11(10-12)8-9-16-14/h1-10,16H. The van der Waals surface area contributed by atoms with Crippen LogP contribution in [0.25, 0.3) is 10.9 Å². The summed E-state index contributed by atoms with van der Waals surface area (Å²) in [7, 11) is 0. The second kappa shape index (κ2) is 4.37. The summed E-state index contributed by atoms with van der Waals surface area (Å²) in [5.41, 5.74) is 1.55. The average Bonchev–Trinajstić information content (AvgIpc) is 2.87. The van der Waals surface area contributed by atoms with Gasteiger partial charge in [0.1, 0.15) is 5.75 Å². The third-order valence-corrected chi connectivity index (χ3v) is 2.74. The lowest BCUT2D eigenvalue weighted by Gasteiger charge is -2.03. The van der Waals surface area contributed by atoms with Crippen LogP contribution in [0.4, 0.5) is 0 Å². The fourth-order valence-corrected chi connectivity index (χ4v) is 1.83. The van der Waals surface area contributed by atoms with E-state index in [-0.39, 0.29) is 5.97 Å². The number of benzene rings is 2. The summed E-state index contributed by atoms with van der Waals surface area (Å²) in [4.78, 5) is 15.0. The normalized spacial score (nSPS) is 10.4. The second-order valence-corrected chi connectivity index (χ2v) is 3.98. The van der Waals surface area contributed by atoms with Gasteiger partial charge in [0.05, 0.1) is 5.56 Å². The molecule has 0 bridgehead atoms. The van der Waals surface area contributed by atoms with Crippen LogP contribution >= 0.6 is 0 Å². The van der Waals surface area contributed by atoms with Crippen molar-refractivity contribution in [2.45, 2.75) is 0 Å². The fourth-order valence-electron chi connectivity index (χ4n) is 1.83. The van der Waals surface area contributed by atoms with E-state index in [0.717, 1.165) is 10.9 Å². The number of aromatic nitrogens is 1. The molecule has 88 valence electrons. The Morgan fingerprint density at radius 1 is 1.00 bits per heavy atom. The lowest BCUT2D eigenvalue weighted by atomic mass is 10.1. The van der Waals surface area contributed by atoms with E-state index >= 15 is 0 Å². The first kappa shape index (κ1) is 10.6. The van der Waals surface area contributed by atoms with Gasteiger partial charge in [0.25, 0.3) is 0 Å². The SMILES string of the molecule is O=C(Oc1ccccc1)c1ccc2[nH]ccc2c1. The third kappa shape index (κ3) is 1.98. The Bertz CT molecular complexity index is 686. The maximum absolute atomic E-state index is 11.9. The monoisotopic (exact) mass is 237 g/mol. The Hall–Kier alpha value is -2.55. The molecule has 1 N–H and O–H groups in total. The lowest BCUT2D eigenvalue weighted by molar-refractivity contribution is 0.0735. The maximum atomic E-state index is 11.9. The van der Waals surface area contributed by atoms with E-state index in [1.54, 1.807) is 18.2 Å². The van der Waals surface area contributed by atoms with Crippen molar-refractivity contribution in [3.63, 3.8) is 0 Å². The van der Waals surface area contributed by atoms with Gasteiger partial charge in [-0.1, -0.05) is 18.2 Å². The van der Waals surface area contributed by atoms with E-state index in [1.807, 2.05) is 42.6 Å². The average molecular weight is 237 g/mol. The van der Waals surface area contributed by atoms with E-state index in [1.165, 1.54) is 0 Å². The highest BCUT2D eigenvalue weighted by atomic mass is 16.5. The van der Waals surface area contributed by atoms with Gasteiger partial charge in [-0.25, -0.2) is 4.79 Å². The number of hydrogen-bond acceptors (Lipinski definition) is 2. The van der Waals surface area contributed by atoms with Gasteiger partial charge in [-0.3, -0.25) is 0 Å². The predicted molar refractivity (Wildman–Crippen MR) is 69.7 cm³/mol. The van der Waals surface area contributed by atoms with E-state index in [4.69, 9.17) is 4.74 Å². The molecular weight excluding hydrogens is 226 g/mol. The second-order valence-electron chi connectivity index (χ2n) is 3.98. The lowest BCUT2D eigenvalue weighted by Crippen LogP contribution is -2.08. The van der Waals surface area contributed by atoms with Crippen molar-refractivity contribution in [3.8, 4) is 5.75 Å². The van der Waals surface area contributed by atoms with Crippen molar-refractivity contribution in [1.29, 1.82) is 0 Å². The van der Waals surface area contributed by atoms with Crippen LogP contribution in [-0.4, -0.2) is 11.0 Å². The molecule has 0 unspecified atom stereocenters. The van der Waals surface area contributed by atoms with Crippen LogP contribution < -0.4 is 4.74 Å². The highest BCUT2D eigenvalue weighted by Gasteiger charge is 2.09. The number of esters is 1. The van der Waals surface area contributed by atoms with Crippen molar-refractivity contribution in [3.05, 3.63) is 66.4 Å². The van der Waals surface area contributed by atoms with Gasteiger partial charge in [-0.15, -0.1) is 0 Å². The molecule has 3 nitrogen and oxygen atoms in total. The Kier molecular flexibility index (Phi) is 2.57. The molecular formula is C15H11NO2. The molecule has 0 fully saturated rings. The summed E-state index contributed by atoms with van der Waals surface area (Å²) in [5, 5.41) is 0.998. The number of hydrogen-bond donors (Lipinski definition) is 1. The molecule has 18 heavy (non-hydrogen) atoms. The van der Waals surface area contributed by atoms with E-state index in [9.17, 15) is 4.79 Å². The van der Waals surface area contributed by atoms with E-state index < -0.39 is 0 Å². The highest BCUT2D eigenvalue weighted by molar-refractivity contribution is 5.95. The zero-order valence-electron chi connectivity index (χ0n) is 9.59. The number of rotatable bonds is 2. The van der Waals surface area contributed by atoms with Crippen LogP contribution in [0, 0.1) is 0 Å². The van der Waals surface area contributed by atoms with Gasteiger partial charge in [0, 0.05) is 17.1 Å². The highest BCUT2D eigenvalue weighted by Crippen LogP contribution is 2.16. The molecule has 0 aliphatic carbocycles. The Labute approximate surface area is 104 Å². The first-order chi connectivity index (χ1) is 8.83. The molecule has 0 saturated heterocycles. The van der Waals surface area contributed by atoms with Crippen LogP contribution in [0.1, 0.15) is 10.4 Å². The van der Waals surface area contributed by atoms with E-state index in [0.29, 0.717) is 11.3 Å². The molecule has 0 spiro atoms. The molecule has 1 aromatic heterocycles. The molecule has 3 rings (SSSR count). The molecule has 0 amide bonds. The Morgan fingerprint density at radius 2 is 1.83 bits per heavy atom. The van der Waals surface area contributed by atoms with Crippen LogP contribution in [0.15, 0.2) is 60.8 Å².